The number of hydrogen-bond donors (Lipinski definition) is 2. The SMILES string of the molecule is CCCCCCCCCC(O)(CO)CCCCCCCCCCCCCOc1ccccc1. The molecule has 0 aliphatic rings. The van der Waals surface area contributed by atoms with E-state index in [0.29, 0.717) is 0 Å². The number of aliphatic hydroxyl groups is 2. The Bertz CT molecular complexity index is 519. The fraction of sp³-hybridized carbons (Fsp3) is 0.800. The highest BCUT2D eigenvalue weighted by Gasteiger charge is 2.24. The zero-order chi connectivity index (χ0) is 23.9. The van der Waals surface area contributed by atoms with E-state index in [0.717, 1.165) is 44.5 Å². The quantitative estimate of drug-likeness (QED) is 0.151. The number of aliphatic hydroxyl groups excluding tert-OH is 1. The Morgan fingerprint density at radius 3 is 1.48 bits per heavy atom. The Hall–Kier alpha value is -1.06. The van der Waals surface area contributed by atoms with Crippen molar-refractivity contribution in [1.82, 2.24) is 0 Å². The van der Waals surface area contributed by atoms with Crippen LogP contribution in [0.4, 0.5) is 0 Å². The first kappa shape index (κ1) is 30.0. The Morgan fingerprint density at radius 2 is 1.03 bits per heavy atom. The van der Waals surface area contributed by atoms with Crippen molar-refractivity contribution in [2.75, 3.05) is 13.2 Å². The summed E-state index contributed by atoms with van der Waals surface area (Å²) in [5, 5.41) is 20.3. The van der Waals surface area contributed by atoms with E-state index in [-0.39, 0.29) is 6.61 Å². The zero-order valence-electron chi connectivity index (χ0n) is 21.7. The van der Waals surface area contributed by atoms with Gasteiger partial charge in [-0.15, -0.1) is 0 Å². The second-order valence-electron chi connectivity index (χ2n) is 10.1. The van der Waals surface area contributed by atoms with Crippen LogP contribution in [0, 0.1) is 0 Å². The highest BCUT2D eigenvalue weighted by Crippen LogP contribution is 2.23. The Balaban J connectivity index is 1.84. The number of benzene rings is 1. The average Bonchev–Trinajstić information content (AvgIpc) is 2.84. The van der Waals surface area contributed by atoms with E-state index in [1.807, 2.05) is 30.3 Å². The van der Waals surface area contributed by atoms with Crippen molar-refractivity contribution >= 4 is 0 Å². The van der Waals surface area contributed by atoms with Crippen LogP contribution in [0.15, 0.2) is 30.3 Å². The molecule has 3 heteroatoms. The van der Waals surface area contributed by atoms with E-state index < -0.39 is 5.60 Å². The maximum absolute atomic E-state index is 10.6. The molecule has 0 aliphatic heterocycles. The summed E-state index contributed by atoms with van der Waals surface area (Å²) >= 11 is 0. The van der Waals surface area contributed by atoms with Crippen molar-refractivity contribution in [3.05, 3.63) is 30.3 Å². The molecule has 1 unspecified atom stereocenters. The minimum atomic E-state index is -0.838. The monoisotopic (exact) mass is 462 g/mol. The summed E-state index contributed by atoms with van der Waals surface area (Å²) < 4.78 is 5.74. The van der Waals surface area contributed by atoms with Gasteiger partial charge >= 0.3 is 0 Å². The van der Waals surface area contributed by atoms with Crippen molar-refractivity contribution in [3.8, 4) is 5.75 Å². The molecule has 0 radical (unpaired) electrons. The normalized spacial score (nSPS) is 13.2. The van der Waals surface area contributed by atoms with E-state index in [1.54, 1.807) is 0 Å². The van der Waals surface area contributed by atoms with Crippen molar-refractivity contribution in [3.63, 3.8) is 0 Å². The topological polar surface area (TPSA) is 49.7 Å². The Kier molecular flexibility index (Phi) is 19.5. The minimum Gasteiger partial charge on any atom is -0.494 e. The largest absolute Gasteiger partial charge is 0.494 e. The third kappa shape index (κ3) is 18.0. The van der Waals surface area contributed by atoms with Gasteiger partial charge in [0.05, 0.1) is 18.8 Å². The summed E-state index contributed by atoms with van der Waals surface area (Å²) in [4.78, 5) is 0. The molecule has 1 rings (SSSR count). The first-order chi connectivity index (χ1) is 16.2. The summed E-state index contributed by atoms with van der Waals surface area (Å²) in [7, 11) is 0. The zero-order valence-corrected chi connectivity index (χ0v) is 21.7. The van der Waals surface area contributed by atoms with Crippen LogP contribution in [0.25, 0.3) is 0 Å². The standard InChI is InChI=1S/C30H54O3/c1-2-3-4-5-11-14-20-25-30(32,28-31)26-21-15-12-9-7-6-8-10-13-16-22-27-33-29-23-18-17-19-24-29/h17-19,23-24,31-32H,2-16,20-22,25-28H2,1H3. The summed E-state index contributed by atoms with van der Waals surface area (Å²) in [5.41, 5.74) is -0.838. The smallest absolute Gasteiger partial charge is 0.119 e. The van der Waals surface area contributed by atoms with Crippen LogP contribution in [-0.2, 0) is 0 Å². The Morgan fingerprint density at radius 1 is 0.606 bits per heavy atom. The van der Waals surface area contributed by atoms with Crippen molar-refractivity contribution in [2.24, 2.45) is 0 Å². The van der Waals surface area contributed by atoms with Gasteiger partial charge in [-0.2, -0.15) is 0 Å². The number of rotatable bonds is 24. The van der Waals surface area contributed by atoms with Crippen molar-refractivity contribution in [2.45, 2.75) is 141 Å². The van der Waals surface area contributed by atoms with Gasteiger partial charge in [-0.3, -0.25) is 0 Å². The maximum Gasteiger partial charge on any atom is 0.119 e. The summed E-state index contributed by atoms with van der Waals surface area (Å²) in [6, 6.07) is 10.1. The number of para-hydroxylation sites is 1. The predicted octanol–water partition coefficient (Wildman–Crippen LogP) is 8.61. The van der Waals surface area contributed by atoms with Gasteiger partial charge in [0.2, 0.25) is 0 Å². The van der Waals surface area contributed by atoms with Crippen LogP contribution in [-0.4, -0.2) is 29.0 Å². The highest BCUT2D eigenvalue weighted by molar-refractivity contribution is 5.20. The van der Waals surface area contributed by atoms with Crippen LogP contribution >= 0.6 is 0 Å². The van der Waals surface area contributed by atoms with Crippen LogP contribution in [0.5, 0.6) is 5.75 Å². The molecule has 1 atom stereocenters. The van der Waals surface area contributed by atoms with Gasteiger partial charge in [0.15, 0.2) is 0 Å². The summed E-state index contributed by atoms with van der Waals surface area (Å²) in [6.07, 6.45) is 24.2. The van der Waals surface area contributed by atoms with E-state index in [4.69, 9.17) is 4.74 Å². The molecule has 0 saturated heterocycles. The van der Waals surface area contributed by atoms with Crippen molar-refractivity contribution in [1.29, 1.82) is 0 Å². The molecule has 3 nitrogen and oxygen atoms in total. The highest BCUT2D eigenvalue weighted by atomic mass is 16.5. The molecule has 0 spiro atoms. The first-order valence-corrected chi connectivity index (χ1v) is 14.2. The number of hydrogen-bond acceptors (Lipinski definition) is 3. The summed E-state index contributed by atoms with van der Waals surface area (Å²) in [5.74, 6) is 0.978. The first-order valence-electron chi connectivity index (χ1n) is 14.2. The second kappa shape index (κ2) is 21.5. The molecule has 33 heavy (non-hydrogen) atoms. The molecule has 0 bridgehead atoms. The average molecular weight is 463 g/mol. The molecule has 0 aromatic heterocycles. The van der Waals surface area contributed by atoms with Crippen molar-refractivity contribution < 1.29 is 14.9 Å². The molecule has 1 aromatic rings. The van der Waals surface area contributed by atoms with E-state index >= 15 is 0 Å². The molecule has 0 heterocycles. The summed E-state index contributed by atoms with van der Waals surface area (Å²) in [6.45, 7) is 2.99. The van der Waals surface area contributed by atoms with Crippen LogP contribution < -0.4 is 4.74 Å². The molecule has 2 N–H and O–H groups in total. The third-order valence-electron chi connectivity index (χ3n) is 6.84. The molecule has 0 aliphatic carbocycles. The lowest BCUT2D eigenvalue weighted by atomic mass is 9.90. The fourth-order valence-corrected chi connectivity index (χ4v) is 4.55. The van der Waals surface area contributed by atoms with Gasteiger partial charge in [0.1, 0.15) is 5.75 Å². The molecule has 0 saturated carbocycles. The lowest BCUT2D eigenvalue weighted by molar-refractivity contribution is -0.0314. The molecule has 0 fully saturated rings. The van der Waals surface area contributed by atoms with Gasteiger partial charge in [0, 0.05) is 0 Å². The molecule has 192 valence electrons. The molecular formula is C30H54O3. The lowest BCUT2D eigenvalue weighted by Gasteiger charge is -2.26. The van der Waals surface area contributed by atoms with Gasteiger partial charge in [0.25, 0.3) is 0 Å². The van der Waals surface area contributed by atoms with Gasteiger partial charge < -0.3 is 14.9 Å². The molecular weight excluding hydrogens is 408 g/mol. The van der Waals surface area contributed by atoms with Crippen LogP contribution in [0.1, 0.15) is 135 Å². The minimum absolute atomic E-state index is 0.0821. The second-order valence-corrected chi connectivity index (χ2v) is 10.1. The predicted molar refractivity (Wildman–Crippen MR) is 142 cm³/mol. The number of unbranched alkanes of at least 4 members (excludes halogenated alkanes) is 16. The fourth-order valence-electron chi connectivity index (χ4n) is 4.55. The van der Waals surface area contributed by atoms with Crippen LogP contribution in [0.3, 0.4) is 0 Å². The lowest BCUT2D eigenvalue weighted by Crippen LogP contribution is -2.33. The van der Waals surface area contributed by atoms with Gasteiger partial charge in [-0.1, -0.05) is 134 Å². The maximum atomic E-state index is 10.6. The van der Waals surface area contributed by atoms with E-state index in [1.165, 1.54) is 96.3 Å². The third-order valence-corrected chi connectivity index (χ3v) is 6.84. The van der Waals surface area contributed by atoms with Gasteiger partial charge in [-0.25, -0.2) is 0 Å². The number of ether oxygens (including phenoxy) is 1. The van der Waals surface area contributed by atoms with Crippen LogP contribution in [0.2, 0.25) is 0 Å². The molecule has 1 aromatic carbocycles. The van der Waals surface area contributed by atoms with E-state index in [9.17, 15) is 10.2 Å². The van der Waals surface area contributed by atoms with Gasteiger partial charge in [-0.05, 0) is 31.4 Å². The Labute approximate surface area is 205 Å². The molecule has 0 amide bonds. The van der Waals surface area contributed by atoms with E-state index in [2.05, 4.69) is 6.92 Å².